The quantitative estimate of drug-likeness (QED) is 0.729. The van der Waals surface area contributed by atoms with Gasteiger partial charge in [0.2, 0.25) is 5.91 Å². The Bertz CT molecular complexity index is 396. The molecule has 0 spiro atoms. The molecule has 1 unspecified atom stereocenters. The summed E-state index contributed by atoms with van der Waals surface area (Å²) in [7, 11) is 1.78. The van der Waals surface area contributed by atoms with Crippen LogP contribution in [-0.2, 0) is 4.79 Å². The van der Waals surface area contributed by atoms with Gasteiger partial charge in [0.15, 0.2) is 0 Å². The van der Waals surface area contributed by atoms with Crippen molar-refractivity contribution < 1.29 is 14.3 Å². The molecule has 0 fully saturated rings. The maximum Gasteiger partial charge on any atom is 0.221 e. The molecule has 0 aliphatic rings. The van der Waals surface area contributed by atoms with Crippen LogP contribution in [0.4, 0.5) is 10.1 Å². The van der Waals surface area contributed by atoms with Crippen LogP contribution < -0.4 is 10.6 Å². The van der Waals surface area contributed by atoms with Gasteiger partial charge < -0.3 is 15.7 Å². The van der Waals surface area contributed by atoms with Crippen LogP contribution in [0.15, 0.2) is 18.2 Å². The molecule has 0 aliphatic carbocycles. The summed E-state index contributed by atoms with van der Waals surface area (Å²) in [6.07, 6.45) is -0.237. The van der Waals surface area contributed by atoms with E-state index in [-0.39, 0.29) is 5.91 Å². The smallest absolute Gasteiger partial charge is 0.221 e. The van der Waals surface area contributed by atoms with Crippen molar-refractivity contribution in [3.8, 4) is 0 Å². The van der Waals surface area contributed by atoms with E-state index in [1.54, 1.807) is 7.05 Å². The Kier molecular flexibility index (Phi) is 5.06. The molecule has 1 aromatic rings. The van der Waals surface area contributed by atoms with Crippen molar-refractivity contribution in [2.24, 2.45) is 0 Å². The summed E-state index contributed by atoms with van der Waals surface area (Å²) in [5, 5.41) is 15.4. The van der Waals surface area contributed by atoms with Gasteiger partial charge in [-0.1, -0.05) is 6.07 Å². The van der Waals surface area contributed by atoms with Crippen LogP contribution >= 0.6 is 0 Å². The van der Waals surface area contributed by atoms with E-state index in [4.69, 9.17) is 0 Å². The maximum atomic E-state index is 13.1. The summed E-state index contributed by atoms with van der Waals surface area (Å²) < 4.78 is 13.1. The highest BCUT2D eigenvalue weighted by Crippen LogP contribution is 2.26. The molecule has 0 radical (unpaired) electrons. The Morgan fingerprint density at radius 3 is 2.82 bits per heavy atom. The number of halogens is 1. The predicted octanol–water partition coefficient (Wildman–Crippen LogP) is 1.43. The first-order chi connectivity index (χ1) is 8.04. The minimum atomic E-state index is -0.732. The summed E-state index contributed by atoms with van der Waals surface area (Å²) in [4.78, 5) is 11.0. The lowest BCUT2D eigenvalue weighted by Crippen LogP contribution is -2.14. The second-order valence-electron chi connectivity index (χ2n) is 3.82. The van der Waals surface area contributed by atoms with Crippen LogP contribution in [0.3, 0.4) is 0 Å². The molecule has 17 heavy (non-hydrogen) atoms. The van der Waals surface area contributed by atoms with E-state index < -0.39 is 11.9 Å². The number of rotatable bonds is 5. The summed E-state index contributed by atoms with van der Waals surface area (Å²) in [5.74, 6) is -0.740. The minimum Gasteiger partial charge on any atom is -0.388 e. The van der Waals surface area contributed by atoms with Crippen LogP contribution in [0.2, 0.25) is 0 Å². The number of nitrogens with one attached hydrogen (secondary N) is 2. The fourth-order valence-electron chi connectivity index (χ4n) is 1.55. The Labute approximate surface area is 99.8 Å². The number of hydrogen-bond donors (Lipinski definition) is 3. The van der Waals surface area contributed by atoms with Crippen molar-refractivity contribution >= 4 is 11.6 Å². The topological polar surface area (TPSA) is 61.4 Å². The van der Waals surface area contributed by atoms with E-state index in [1.165, 1.54) is 25.1 Å². The third kappa shape index (κ3) is 4.13. The van der Waals surface area contributed by atoms with Crippen LogP contribution in [0.5, 0.6) is 0 Å². The van der Waals surface area contributed by atoms with Crippen LogP contribution in [0, 0.1) is 5.82 Å². The van der Waals surface area contributed by atoms with Gasteiger partial charge in [0, 0.05) is 18.2 Å². The van der Waals surface area contributed by atoms with E-state index in [1.807, 2.05) is 0 Å². The minimum absolute atomic E-state index is 0.294. The molecule has 1 rings (SSSR count). The molecule has 5 heteroatoms. The third-order valence-electron chi connectivity index (χ3n) is 2.35. The molecule has 0 saturated heterocycles. The second kappa shape index (κ2) is 6.32. The van der Waals surface area contributed by atoms with Gasteiger partial charge in [0.05, 0.1) is 6.10 Å². The highest BCUT2D eigenvalue weighted by Gasteiger charge is 2.13. The summed E-state index contributed by atoms with van der Waals surface area (Å²) in [6, 6.07) is 3.96. The molecule has 0 heterocycles. The van der Waals surface area contributed by atoms with Gasteiger partial charge in [0.25, 0.3) is 0 Å². The van der Waals surface area contributed by atoms with Gasteiger partial charge >= 0.3 is 0 Å². The summed E-state index contributed by atoms with van der Waals surface area (Å²) in [6.45, 7) is 1.98. The zero-order valence-electron chi connectivity index (χ0n) is 9.96. The Morgan fingerprint density at radius 1 is 1.53 bits per heavy atom. The van der Waals surface area contributed by atoms with Gasteiger partial charge in [-0.25, -0.2) is 4.39 Å². The Morgan fingerprint density at radius 2 is 2.24 bits per heavy atom. The summed E-state index contributed by atoms with van der Waals surface area (Å²) in [5.41, 5.74) is 0.845. The van der Waals surface area contributed by atoms with Crippen LogP contribution in [0.1, 0.15) is 25.0 Å². The average Bonchev–Trinajstić information content (AvgIpc) is 2.25. The lowest BCUT2D eigenvalue weighted by atomic mass is 10.0. The highest BCUT2D eigenvalue weighted by molar-refractivity contribution is 5.89. The first kappa shape index (κ1) is 13.6. The van der Waals surface area contributed by atoms with Crippen LogP contribution in [0.25, 0.3) is 0 Å². The van der Waals surface area contributed by atoms with Crippen molar-refractivity contribution in [2.75, 3.05) is 18.9 Å². The van der Waals surface area contributed by atoms with E-state index in [9.17, 15) is 14.3 Å². The molecule has 94 valence electrons. The molecule has 1 atom stereocenters. The van der Waals surface area contributed by atoms with E-state index in [2.05, 4.69) is 10.6 Å². The van der Waals surface area contributed by atoms with Crippen molar-refractivity contribution in [3.05, 3.63) is 29.6 Å². The predicted molar refractivity (Wildman–Crippen MR) is 64.2 cm³/mol. The largest absolute Gasteiger partial charge is 0.388 e. The SMILES string of the molecule is CNCCC(O)c1ccc(F)cc1NC(C)=O. The number of anilines is 1. The molecular formula is C12H17FN2O2. The lowest BCUT2D eigenvalue weighted by Gasteiger charge is -2.15. The number of benzene rings is 1. The molecule has 1 aromatic carbocycles. The fourth-order valence-corrected chi connectivity index (χ4v) is 1.55. The zero-order valence-corrected chi connectivity index (χ0v) is 9.96. The number of carbonyl (C=O) groups is 1. The lowest BCUT2D eigenvalue weighted by molar-refractivity contribution is -0.114. The number of aliphatic hydroxyl groups is 1. The third-order valence-corrected chi connectivity index (χ3v) is 2.35. The van der Waals surface area contributed by atoms with Crippen molar-refractivity contribution in [2.45, 2.75) is 19.4 Å². The first-order valence-corrected chi connectivity index (χ1v) is 5.44. The second-order valence-corrected chi connectivity index (χ2v) is 3.82. The van der Waals surface area contributed by atoms with Crippen molar-refractivity contribution in [1.29, 1.82) is 0 Å². The highest BCUT2D eigenvalue weighted by atomic mass is 19.1. The van der Waals surface area contributed by atoms with Gasteiger partial charge in [-0.3, -0.25) is 4.79 Å². The molecular weight excluding hydrogens is 223 g/mol. The molecule has 4 nitrogen and oxygen atoms in total. The molecule has 1 amide bonds. The van der Waals surface area contributed by atoms with Gasteiger partial charge in [-0.2, -0.15) is 0 Å². The number of carbonyl (C=O) groups excluding carboxylic acids is 1. The van der Waals surface area contributed by atoms with Crippen LogP contribution in [-0.4, -0.2) is 24.6 Å². The molecule has 0 aromatic heterocycles. The number of hydrogen-bond acceptors (Lipinski definition) is 3. The van der Waals surface area contributed by atoms with Crippen molar-refractivity contribution in [3.63, 3.8) is 0 Å². The molecule has 3 N–H and O–H groups in total. The molecule has 0 saturated carbocycles. The maximum absolute atomic E-state index is 13.1. The number of amides is 1. The van der Waals surface area contributed by atoms with E-state index in [0.717, 1.165) is 0 Å². The normalized spacial score (nSPS) is 12.2. The molecule has 0 bridgehead atoms. The molecule has 0 aliphatic heterocycles. The fraction of sp³-hybridized carbons (Fsp3) is 0.417. The van der Waals surface area contributed by atoms with E-state index in [0.29, 0.717) is 24.2 Å². The van der Waals surface area contributed by atoms with Gasteiger partial charge in [-0.05, 0) is 32.1 Å². The van der Waals surface area contributed by atoms with Gasteiger partial charge in [0.1, 0.15) is 5.82 Å². The zero-order chi connectivity index (χ0) is 12.8. The van der Waals surface area contributed by atoms with Gasteiger partial charge in [-0.15, -0.1) is 0 Å². The Hall–Kier alpha value is -1.46. The summed E-state index contributed by atoms with van der Waals surface area (Å²) >= 11 is 0. The van der Waals surface area contributed by atoms with E-state index >= 15 is 0 Å². The monoisotopic (exact) mass is 240 g/mol. The number of aliphatic hydroxyl groups excluding tert-OH is 1. The average molecular weight is 240 g/mol. The standard InChI is InChI=1S/C12H17FN2O2/c1-8(16)15-11-7-9(13)3-4-10(11)12(17)5-6-14-2/h3-4,7,12,14,17H,5-6H2,1-2H3,(H,15,16). The first-order valence-electron chi connectivity index (χ1n) is 5.44. The van der Waals surface area contributed by atoms with Crippen molar-refractivity contribution in [1.82, 2.24) is 5.32 Å². The Balaban J connectivity index is 2.92.